The summed E-state index contributed by atoms with van der Waals surface area (Å²) in [7, 11) is 1.75. The summed E-state index contributed by atoms with van der Waals surface area (Å²) in [4.78, 5) is 11.9. The molecule has 1 amide bonds. The van der Waals surface area contributed by atoms with Crippen LogP contribution >= 0.6 is 0 Å². The number of aromatic nitrogens is 2. The molecule has 0 aromatic carbocycles. The molecule has 0 saturated heterocycles. The number of carbonyl (C=O) groups excluding carboxylic acids is 1. The third-order valence-electron chi connectivity index (χ3n) is 2.83. The monoisotopic (exact) mass is 247 g/mol. The molecule has 0 aliphatic heterocycles. The first-order chi connectivity index (χ1) is 8.66. The van der Waals surface area contributed by atoms with Crippen LogP contribution in [0.4, 0.5) is 0 Å². The molecule has 0 bridgehead atoms. The lowest BCUT2D eigenvalue weighted by Gasteiger charge is -2.13. The van der Waals surface area contributed by atoms with Crippen LogP contribution in [0.15, 0.2) is 35.1 Å². The molecule has 1 atom stereocenters. The van der Waals surface area contributed by atoms with Gasteiger partial charge < -0.3 is 9.73 Å². The van der Waals surface area contributed by atoms with Crippen molar-refractivity contribution in [1.29, 1.82) is 0 Å². The van der Waals surface area contributed by atoms with Crippen molar-refractivity contribution in [1.82, 2.24) is 15.1 Å². The van der Waals surface area contributed by atoms with Crippen LogP contribution in [0.1, 0.15) is 29.6 Å². The zero-order valence-electron chi connectivity index (χ0n) is 10.6. The van der Waals surface area contributed by atoms with Gasteiger partial charge in [-0.05, 0) is 31.5 Å². The molecule has 5 nitrogen and oxygen atoms in total. The highest BCUT2D eigenvalue weighted by Crippen LogP contribution is 2.06. The molecule has 0 aliphatic carbocycles. The van der Waals surface area contributed by atoms with Crippen molar-refractivity contribution in [2.24, 2.45) is 7.05 Å². The van der Waals surface area contributed by atoms with Gasteiger partial charge in [0.05, 0.1) is 6.26 Å². The minimum absolute atomic E-state index is 0.0949. The second kappa shape index (κ2) is 5.53. The lowest BCUT2D eigenvalue weighted by molar-refractivity contribution is 0.0928. The van der Waals surface area contributed by atoms with E-state index >= 15 is 0 Å². The Kier molecular flexibility index (Phi) is 3.82. The van der Waals surface area contributed by atoms with E-state index in [1.165, 1.54) is 0 Å². The third kappa shape index (κ3) is 3.00. The van der Waals surface area contributed by atoms with Crippen molar-refractivity contribution < 1.29 is 9.21 Å². The van der Waals surface area contributed by atoms with Crippen molar-refractivity contribution in [3.05, 3.63) is 42.1 Å². The van der Waals surface area contributed by atoms with E-state index in [9.17, 15) is 4.79 Å². The summed E-state index contributed by atoms with van der Waals surface area (Å²) in [5.41, 5.74) is 0.569. The van der Waals surface area contributed by atoms with E-state index in [4.69, 9.17) is 4.42 Å². The van der Waals surface area contributed by atoms with Gasteiger partial charge in [0.1, 0.15) is 11.5 Å². The molecule has 0 aliphatic rings. The molecule has 1 N–H and O–H groups in total. The fourth-order valence-electron chi connectivity index (χ4n) is 1.78. The van der Waals surface area contributed by atoms with Crippen LogP contribution in [-0.4, -0.2) is 21.7 Å². The van der Waals surface area contributed by atoms with E-state index in [-0.39, 0.29) is 11.9 Å². The first-order valence-corrected chi connectivity index (χ1v) is 5.98. The number of nitrogens with one attached hydrogen (secondary N) is 1. The van der Waals surface area contributed by atoms with Crippen LogP contribution in [0.25, 0.3) is 0 Å². The maximum absolute atomic E-state index is 11.9. The summed E-state index contributed by atoms with van der Waals surface area (Å²) < 4.78 is 6.82. The van der Waals surface area contributed by atoms with Gasteiger partial charge in [-0.2, -0.15) is 5.10 Å². The van der Waals surface area contributed by atoms with Gasteiger partial charge in [0.2, 0.25) is 0 Å². The van der Waals surface area contributed by atoms with Crippen molar-refractivity contribution in [3.8, 4) is 0 Å². The second-order valence-electron chi connectivity index (χ2n) is 4.33. The van der Waals surface area contributed by atoms with E-state index in [0.29, 0.717) is 5.69 Å². The number of furan rings is 1. The Bertz CT molecular complexity index is 502. The van der Waals surface area contributed by atoms with Crippen molar-refractivity contribution in [3.63, 3.8) is 0 Å². The molecule has 5 heteroatoms. The molecule has 0 spiro atoms. The number of hydrogen-bond donors (Lipinski definition) is 1. The molecule has 2 aromatic rings. The second-order valence-corrected chi connectivity index (χ2v) is 4.33. The zero-order valence-corrected chi connectivity index (χ0v) is 10.6. The van der Waals surface area contributed by atoms with Gasteiger partial charge in [-0.15, -0.1) is 0 Å². The predicted octanol–water partition coefficient (Wildman–Crippen LogP) is 1.76. The van der Waals surface area contributed by atoms with E-state index < -0.39 is 0 Å². The van der Waals surface area contributed by atoms with Gasteiger partial charge in [-0.3, -0.25) is 9.48 Å². The Balaban J connectivity index is 1.82. The van der Waals surface area contributed by atoms with Gasteiger partial charge in [0.15, 0.2) is 0 Å². The van der Waals surface area contributed by atoms with Gasteiger partial charge >= 0.3 is 0 Å². The molecule has 2 heterocycles. The number of rotatable bonds is 5. The van der Waals surface area contributed by atoms with Crippen molar-refractivity contribution in [2.45, 2.75) is 25.8 Å². The first-order valence-electron chi connectivity index (χ1n) is 5.98. The minimum atomic E-state index is -0.0954. The van der Waals surface area contributed by atoms with Crippen LogP contribution in [0, 0.1) is 0 Å². The highest BCUT2D eigenvalue weighted by molar-refractivity contribution is 5.92. The number of aryl methyl sites for hydroxylation is 2. The lowest BCUT2D eigenvalue weighted by Crippen LogP contribution is -2.34. The summed E-state index contributed by atoms with van der Waals surface area (Å²) in [5, 5.41) is 6.92. The standard InChI is InChI=1S/C13H17N3O2/c1-10(5-6-11-4-3-9-18-11)15-13(17)12-7-8-14-16(12)2/h3-4,7-10H,5-6H2,1-2H3,(H,15,17). The Labute approximate surface area is 106 Å². The average molecular weight is 247 g/mol. The molecule has 0 saturated carbocycles. The molecule has 2 aromatic heterocycles. The fourth-order valence-corrected chi connectivity index (χ4v) is 1.78. The SMILES string of the molecule is CC(CCc1ccco1)NC(=O)c1ccnn1C. The Morgan fingerprint density at radius 3 is 3.00 bits per heavy atom. The highest BCUT2D eigenvalue weighted by atomic mass is 16.3. The van der Waals surface area contributed by atoms with E-state index in [2.05, 4.69) is 10.4 Å². The van der Waals surface area contributed by atoms with E-state index in [1.54, 1.807) is 30.3 Å². The lowest BCUT2D eigenvalue weighted by atomic mass is 10.1. The van der Waals surface area contributed by atoms with Gasteiger partial charge in [0.25, 0.3) is 5.91 Å². The molecular weight excluding hydrogens is 230 g/mol. The molecule has 2 rings (SSSR count). The summed E-state index contributed by atoms with van der Waals surface area (Å²) in [6, 6.07) is 5.61. The third-order valence-corrected chi connectivity index (χ3v) is 2.83. The predicted molar refractivity (Wildman–Crippen MR) is 67.2 cm³/mol. The average Bonchev–Trinajstić information content (AvgIpc) is 2.97. The number of hydrogen-bond acceptors (Lipinski definition) is 3. The Hall–Kier alpha value is -2.04. The maximum Gasteiger partial charge on any atom is 0.269 e. The Morgan fingerprint density at radius 1 is 1.56 bits per heavy atom. The molecule has 1 unspecified atom stereocenters. The first kappa shape index (κ1) is 12.4. The summed E-state index contributed by atoms with van der Waals surface area (Å²) in [5.74, 6) is 0.846. The Morgan fingerprint density at radius 2 is 2.39 bits per heavy atom. The van der Waals surface area contributed by atoms with Gasteiger partial charge in [-0.1, -0.05) is 0 Å². The summed E-state index contributed by atoms with van der Waals surface area (Å²) in [6.45, 7) is 1.98. The number of amides is 1. The van der Waals surface area contributed by atoms with Gasteiger partial charge in [-0.25, -0.2) is 0 Å². The molecule has 0 fully saturated rings. The van der Waals surface area contributed by atoms with Gasteiger partial charge in [0, 0.05) is 25.7 Å². The highest BCUT2D eigenvalue weighted by Gasteiger charge is 2.13. The topological polar surface area (TPSA) is 60.1 Å². The van der Waals surface area contributed by atoms with E-state index in [1.807, 2.05) is 19.1 Å². The summed E-state index contributed by atoms with van der Waals surface area (Å²) in [6.07, 6.45) is 4.94. The quantitative estimate of drug-likeness (QED) is 0.875. The normalized spacial score (nSPS) is 12.3. The molecule has 18 heavy (non-hydrogen) atoms. The minimum Gasteiger partial charge on any atom is -0.469 e. The smallest absolute Gasteiger partial charge is 0.269 e. The number of nitrogens with zero attached hydrogens (tertiary/aromatic N) is 2. The van der Waals surface area contributed by atoms with E-state index in [0.717, 1.165) is 18.6 Å². The largest absolute Gasteiger partial charge is 0.469 e. The zero-order chi connectivity index (χ0) is 13.0. The maximum atomic E-state index is 11.9. The van der Waals surface area contributed by atoms with Crippen LogP contribution in [0.5, 0.6) is 0 Å². The molecule has 96 valence electrons. The number of carbonyl (C=O) groups is 1. The van der Waals surface area contributed by atoms with Crippen molar-refractivity contribution >= 4 is 5.91 Å². The molecule has 0 radical (unpaired) electrons. The summed E-state index contributed by atoms with van der Waals surface area (Å²) >= 11 is 0. The molecular formula is C13H17N3O2. The van der Waals surface area contributed by atoms with Crippen LogP contribution < -0.4 is 5.32 Å². The van der Waals surface area contributed by atoms with Crippen LogP contribution in [-0.2, 0) is 13.5 Å². The fraction of sp³-hybridized carbons (Fsp3) is 0.385. The van der Waals surface area contributed by atoms with Crippen LogP contribution in [0.2, 0.25) is 0 Å². The van der Waals surface area contributed by atoms with Crippen LogP contribution in [0.3, 0.4) is 0 Å². The van der Waals surface area contributed by atoms with Crippen molar-refractivity contribution in [2.75, 3.05) is 0 Å².